The minimum absolute atomic E-state index is 0.0767. The van der Waals surface area contributed by atoms with Crippen LogP contribution in [0.25, 0.3) is 11.1 Å². The highest BCUT2D eigenvalue weighted by Crippen LogP contribution is 2.65. The maximum absolute atomic E-state index is 12.0. The third kappa shape index (κ3) is 3.35. The van der Waals surface area contributed by atoms with Crippen molar-refractivity contribution < 1.29 is 8.83 Å². The summed E-state index contributed by atoms with van der Waals surface area (Å²) in [6.07, 6.45) is 6.89. The van der Waals surface area contributed by atoms with Gasteiger partial charge in [0, 0.05) is 12.1 Å². The Morgan fingerprint density at radius 1 is 0.688 bits per heavy atom. The van der Waals surface area contributed by atoms with E-state index in [0.717, 1.165) is 46.6 Å². The van der Waals surface area contributed by atoms with E-state index in [2.05, 4.69) is 39.8 Å². The third-order valence-corrected chi connectivity index (χ3v) is 8.01. The summed E-state index contributed by atoms with van der Waals surface area (Å²) in [5.41, 5.74) is 3.48. The Balaban J connectivity index is 1.55. The van der Waals surface area contributed by atoms with Crippen LogP contribution in [0.4, 0.5) is 0 Å². The van der Waals surface area contributed by atoms with Gasteiger partial charge >= 0.3 is 11.3 Å². The van der Waals surface area contributed by atoms with Crippen molar-refractivity contribution in [2.24, 2.45) is 34.5 Å². The van der Waals surface area contributed by atoms with E-state index >= 15 is 0 Å². The molecule has 3 aliphatic rings. The number of aryl methyl sites for hydroxylation is 2. The van der Waals surface area contributed by atoms with Gasteiger partial charge in [-0.15, -0.1) is 0 Å². The number of rotatable bonds is 2. The van der Waals surface area contributed by atoms with Crippen molar-refractivity contribution in [3.05, 3.63) is 79.9 Å². The first-order valence-corrected chi connectivity index (χ1v) is 11.6. The Morgan fingerprint density at radius 2 is 1.06 bits per heavy atom. The van der Waals surface area contributed by atoms with Crippen molar-refractivity contribution in [2.45, 2.75) is 54.4 Å². The second kappa shape index (κ2) is 6.94. The third-order valence-electron chi connectivity index (χ3n) is 8.01. The summed E-state index contributed by atoms with van der Waals surface area (Å²) < 4.78 is 11.3. The summed E-state index contributed by atoms with van der Waals surface area (Å²) in [5.74, 6) is 3.51. The van der Waals surface area contributed by atoms with E-state index in [-0.39, 0.29) is 22.1 Å². The van der Waals surface area contributed by atoms with Crippen LogP contribution in [-0.4, -0.2) is 0 Å². The first kappa shape index (κ1) is 21.2. The van der Waals surface area contributed by atoms with Crippen molar-refractivity contribution in [1.29, 1.82) is 0 Å². The molecule has 0 saturated heterocycles. The van der Waals surface area contributed by atoms with Gasteiger partial charge in [0.15, 0.2) is 0 Å². The highest BCUT2D eigenvalue weighted by molar-refractivity contribution is 5.71. The van der Waals surface area contributed by atoms with Gasteiger partial charge in [-0.1, -0.05) is 39.8 Å². The molecule has 0 spiro atoms. The van der Waals surface area contributed by atoms with Gasteiger partial charge < -0.3 is 8.83 Å². The molecule has 0 atom stereocenters. The van der Waals surface area contributed by atoms with E-state index in [1.165, 1.54) is 0 Å². The number of fused-ring (bicyclic) bond motifs is 4. The van der Waals surface area contributed by atoms with E-state index in [9.17, 15) is 9.59 Å². The molecule has 0 aromatic carbocycles. The first-order chi connectivity index (χ1) is 14.9. The Labute approximate surface area is 189 Å². The van der Waals surface area contributed by atoms with Gasteiger partial charge in [-0.3, -0.25) is 0 Å². The predicted octanol–water partition coefficient (Wildman–Crippen LogP) is 6.02. The van der Waals surface area contributed by atoms with Gasteiger partial charge in [-0.25, -0.2) is 9.59 Å². The molecule has 2 aromatic rings. The molecule has 2 heterocycles. The lowest BCUT2D eigenvalue weighted by molar-refractivity contribution is -0.0162. The molecule has 1 saturated carbocycles. The van der Waals surface area contributed by atoms with Crippen molar-refractivity contribution in [3.8, 4) is 0 Å². The molecule has 4 heteroatoms. The second-order valence-electron chi connectivity index (χ2n) is 11.5. The first-order valence-electron chi connectivity index (χ1n) is 11.6. The van der Waals surface area contributed by atoms with E-state index in [0.29, 0.717) is 23.7 Å². The predicted molar refractivity (Wildman–Crippen MR) is 126 cm³/mol. The number of hydrogen-bond donors (Lipinski definition) is 0. The monoisotopic (exact) mass is 432 g/mol. The molecular formula is C28H32O4. The second-order valence-corrected chi connectivity index (χ2v) is 11.5. The quantitative estimate of drug-likeness (QED) is 0.583. The fraction of sp³-hybridized carbons (Fsp3) is 0.500. The largest absolute Gasteiger partial charge is 0.423 e. The Kier molecular flexibility index (Phi) is 4.60. The fourth-order valence-corrected chi connectivity index (χ4v) is 6.58. The standard InChI is InChI=1S/C28H32O4/c1-15-7-23(31-25(29)9-15)21-11-17-19(13-27(21,3)4)18-12-22(28(5,6)14-20(17)18)24-8-16(2)10-26(30)32-24/h7-12,17-20H,13-14H2,1-6H3. The Bertz CT molecular complexity index is 1160. The molecule has 2 aromatic heterocycles. The molecule has 32 heavy (non-hydrogen) atoms. The summed E-state index contributed by atoms with van der Waals surface area (Å²) in [6, 6.07) is 7.07. The molecule has 0 aliphatic heterocycles. The van der Waals surface area contributed by atoms with E-state index < -0.39 is 0 Å². The molecule has 3 aliphatic carbocycles. The molecule has 4 nitrogen and oxygen atoms in total. The molecule has 168 valence electrons. The van der Waals surface area contributed by atoms with Crippen LogP contribution >= 0.6 is 0 Å². The molecule has 0 radical (unpaired) electrons. The van der Waals surface area contributed by atoms with Crippen molar-refractivity contribution in [3.63, 3.8) is 0 Å². The Morgan fingerprint density at radius 3 is 1.41 bits per heavy atom. The van der Waals surface area contributed by atoms with Crippen LogP contribution < -0.4 is 11.3 Å². The van der Waals surface area contributed by atoms with Crippen LogP contribution in [0.15, 0.2) is 54.8 Å². The maximum atomic E-state index is 12.0. The average Bonchev–Trinajstić information content (AvgIpc) is 2.64. The van der Waals surface area contributed by atoms with Crippen molar-refractivity contribution in [1.82, 2.24) is 0 Å². The van der Waals surface area contributed by atoms with Crippen molar-refractivity contribution in [2.75, 3.05) is 0 Å². The molecule has 0 unspecified atom stereocenters. The SMILES string of the molecule is Cc1cc(C2=CC3C(CC2(C)C)C2C=C(c4cc(C)cc(=O)o4)C(C)(C)CC32)oc(=O)c1. The summed E-state index contributed by atoms with van der Waals surface area (Å²) >= 11 is 0. The van der Waals surface area contributed by atoms with Gasteiger partial charge in [0.2, 0.25) is 0 Å². The fourth-order valence-electron chi connectivity index (χ4n) is 6.58. The Hall–Kier alpha value is -2.62. The lowest BCUT2D eigenvalue weighted by atomic mass is 9.44. The molecule has 5 rings (SSSR count). The molecule has 0 bridgehead atoms. The van der Waals surface area contributed by atoms with Gasteiger partial charge in [0.05, 0.1) is 0 Å². The van der Waals surface area contributed by atoms with Crippen molar-refractivity contribution >= 4 is 11.1 Å². The number of hydrogen-bond acceptors (Lipinski definition) is 4. The molecule has 0 N–H and O–H groups in total. The topological polar surface area (TPSA) is 60.4 Å². The summed E-state index contributed by atoms with van der Waals surface area (Å²) in [7, 11) is 0. The highest BCUT2D eigenvalue weighted by atomic mass is 16.4. The van der Waals surface area contributed by atoms with Crippen LogP contribution in [0.1, 0.15) is 63.2 Å². The van der Waals surface area contributed by atoms with Crippen LogP contribution in [0.5, 0.6) is 0 Å². The van der Waals surface area contributed by atoms with Crippen LogP contribution in [0.2, 0.25) is 0 Å². The van der Waals surface area contributed by atoms with Gasteiger partial charge in [0.1, 0.15) is 11.5 Å². The van der Waals surface area contributed by atoms with Gasteiger partial charge in [-0.05, 0) is 95.6 Å². The van der Waals surface area contributed by atoms with Gasteiger partial charge in [-0.2, -0.15) is 0 Å². The average molecular weight is 433 g/mol. The highest BCUT2D eigenvalue weighted by Gasteiger charge is 2.56. The minimum atomic E-state index is -0.281. The molecular weight excluding hydrogens is 400 g/mol. The van der Waals surface area contributed by atoms with E-state index in [4.69, 9.17) is 8.83 Å². The lowest BCUT2D eigenvalue weighted by Crippen LogP contribution is -2.52. The summed E-state index contributed by atoms with van der Waals surface area (Å²) in [4.78, 5) is 24.0. The molecule has 1 fully saturated rings. The summed E-state index contributed by atoms with van der Waals surface area (Å²) in [5, 5.41) is 0. The number of allylic oxidation sites excluding steroid dienone is 4. The zero-order chi connectivity index (χ0) is 23.0. The normalized spacial score (nSPS) is 29.8. The zero-order valence-corrected chi connectivity index (χ0v) is 19.8. The van der Waals surface area contributed by atoms with Crippen LogP contribution in [-0.2, 0) is 0 Å². The van der Waals surface area contributed by atoms with Crippen LogP contribution in [0.3, 0.4) is 0 Å². The maximum Gasteiger partial charge on any atom is 0.336 e. The van der Waals surface area contributed by atoms with Crippen LogP contribution in [0, 0.1) is 48.3 Å². The zero-order valence-electron chi connectivity index (χ0n) is 19.8. The smallest absolute Gasteiger partial charge is 0.336 e. The van der Waals surface area contributed by atoms with Gasteiger partial charge in [0.25, 0.3) is 0 Å². The minimum Gasteiger partial charge on any atom is -0.423 e. The lowest BCUT2D eigenvalue weighted by Gasteiger charge is -2.60. The summed E-state index contributed by atoms with van der Waals surface area (Å²) in [6.45, 7) is 12.9. The van der Waals surface area contributed by atoms with E-state index in [1.54, 1.807) is 12.1 Å². The van der Waals surface area contributed by atoms with E-state index in [1.807, 2.05) is 26.0 Å². The molecule has 0 amide bonds.